The minimum atomic E-state index is -0.271. The van der Waals surface area contributed by atoms with Crippen LogP contribution < -0.4 is 5.32 Å². The molecular weight excluding hydrogens is 277 g/mol. The highest BCUT2D eigenvalue weighted by Crippen LogP contribution is 2.44. The van der Waals surface area contributed by atoms with Crippen LogP contribution in [0.2, 0.25) is 5.02 Å². The molecule has 112 valence electrons. The van der Waals surface area contributed by atoms with E-state index >= 15 is 0 Å². The maximum Gasteiger partial charge on any atom is 0.123 e. The molecule has 0 bridgehead atoms. The molecule has 2 rings (SSSR count). The average Bonchev–Trinajstić information content (AvgIpc) is 2.93. The van der Waals surface area contributed by atoms with Gasteiger partial charge in [0, 0.05) is 12.1 Å². The van der Waals surface area contributed by atoms with Gasteiger partial charge in [0.1, 0.15) is 5.82 Å². The molecule has 1 aliphatic rings. The van der Waals surface area contributed by atoms with E-state index in [1.807, 2.05) is 0 Å². The molecule has 1 atom stereocenters. The zero-order valence-corrected chi connectivity index (χ0v) is 13.0. The first kappa shape index (κ1) is 15.7. The summed E-state index contributed by atoms with van der Waals surface area (Å²) in [6.45, 7) is 2.98. The molecule has 0 radical (unpaired) electrons. The number of nitrogens with one attached hydrogen (secondary N) is 1. The number of hydrogen-bond acceptors (Lipinski definition) is 2. The second-order valence-corrected chi connectivity index (χ2v) is 5.94. The molecule has 1 N–H and O–H groups in total. The molecule has 0 aromatic heterocycles. The van der Waals surface area contributed by atoms with Gasteiger partial charge in [-0.25, -0.2) is 4.39 Å². The predicted molar refractivity (Wildman–Crippen MR) is 80.7 cm³/mol. The minimum Gasteiger partial charge on any atom is -0.376 e. The van der Waals surface area contributed by atoms with E-state index in [0.717, 1.165) is 44.2 Å². The highest BCUT2D eigenvalue weighted by molar-refractivity contribution is 6.31. The Morgan fingerprint density at radius 2 is 2.10 bits per heavy atom. The van der Waals surface area contributed by atoms with Gasteiger partial charge in [0.2, 0.25) is 0 Å². The summed E-state index contributed by atoms with van der Waals surface area (Å²) in [6, 6.07) is 4.51. The third-order valence-electron chi connectivity index (χ3n) is 4.25. The zero-order chi connectivity index (χ0) is 14.6. The number of halogens is 2. The molecule has 4 heteroatoms. The van der Waals surface area contributed by atoms with Gasteiger partial charge >= 0.3 is 0 Å². The standard InChI is InChI=1S/C16H23ClFNO/c1-3-10-19-15(16(20-2)8-4-5-9-16)13-11-12(18)6-7-14(13)17/h6-7,11,15,19H,3-5,8-10H2,1-2H3. The minimum absolute atomic E-state index is 0.0573. The summed E-state index contributed by atoms with van der Waals surface area (Å²) in [5, 5.41) is 4.11. The highest BCUT2D eigenvalue weighted by atomic mass is 35.5. The first-order valence-electron chi connectivity index (χ1n) is 7.36. The molecule has 0 spiro atoms. The molecule has 1 fully saturated rings. The summed E-state index contributed by atoms with van der Waals surface area (Å²) < 4.78 is 19.5. The fourth-order valence-electron chi connectivity index (χ4n) is 3.19. The van der Waals surface area contributed by atoms with E-state index in [-0.39, 0.29) is 17.5 Å². The van der Waals surface area contributed by atoms with Crippen molar-refractivity contribution in [2.24, 2.45) is 0 Å². The lowest BCUT2D eigenvalue weighted by Crippen LogP contribution is -2.44. The van der Waals surface area contributed by atoms with Gasteiger partial charge in [-0.05, 0) is 49.6 Å². The molecular formula is C16H23ClFNO. The van der Waals surface area contributed by atoms with Crippen molar-refractivity contribution >= 4 is 11.6 Å². The molecule has 1 unspecified atom stereocenters. The lowest BCUT2D eigenvalue weighted by Gasteiger charge is -2.38. The number of rotatable bonds is 6. The fourth-order valence-corrected chi connectivity index (χ4v) is 3.41. The molecule has 0 saturated heterocycles. The molecule has 0 aliphatic heterocycles. The Labute approximate surface area is 125 Å². The normalized spacial score (nSPS) is 19.2. The smallest absolute Gasteiger partial charge is 0.123 e. The van der Waals surface area contributed by atoms with Crippen molar-refractivity contribution in [3.05, 3.63) is 34.6 Å². The van der Waals surface area contributed by atoms with Gasteiger partial charge in [-0.2, -0.15) is 0 Å². The molecule has 0 amide bonds. The number of benzene rings is 1. The van der Waals surface area contributed by atoms with Gasteiger partial charge < -0.3 is 10.1 Å². The Morgan fingerprint density at radius 1 is 1.40 bits per heavy atom. The summed E-state index contributed by atoms with van der Waals surface area (Å²) in [7, 11) is 1.75. The molecule has 0 heterocycles. The van der Waals surface area contributed by atoms with Crippen molar-refractivity contribution in [3.63, 3.8) is 0 Å². The van der Waals surface area contributed by atoms with Crippen molar-refractivity contribution < 1.29 is 9.13 Å². The van der Waals surface area contributed by atoms with Crippen LogP contribution in [0, 0.1) is 5.82 Å². The zero-order valence-electron chi connectivity index (χ0n) is 12.2. The first-order chi connectivity index (χ1) is 9.63. The van der Waals surface area contributed by atoms with Crippen molar-refractivity contribution in [2.75, 3.05) is 13.7 Å². The third kappa shape index (κ3) is 3.16. The Hall–Kier alpha value is -0.640. The molecule has 2 nitrogen and oxygen atoms in total. The van der Waals surface area contributed by atoms with Crippen molar-refractivity contribution in [1.82, 2.24) is 5.32 Å². The molecule has 1 aliphatic carbocycles. The van der Waals surface area contributed by atoms with Crippen LogP contribution in [0.25, 0.3) is 0 Å². The van der Waals surface area contributed by atoms with Crippen LogP contribution in [0.4, 0.5) is 4.39 Å². The second kappa shape index (κ2) is 6.88. The largest absolute Gasteiger partial charge is 0.376 e. The van der Waals surface area contributed by atoms with Gasteiger partial charge in [-0.15, -0.1) is 0 Å². The van der Waals surface area contributed by atoms with Gasteiger partial charge in [-0.1, -0.05) is 31.4 Å². The Balaban J connectivity index is 2.38. The monoisotopic (exact) mass is 299 g/mol. The highest BCUT2D eigenvalue weighted by Gasteiger charge is 2.42. The van der Waals surface area contributed by atoms with E-state index < -0.39 is 0 Å². The van der Waals surface area contributed by atoms with Crippen LogP contribution in [0.5, 0.6) is 0 Å². The maximum absolute atomic E-state index is 13.6. The van der Waals surface area contributed by atoms with Crippen molar-refractivity contribution in [2.45, 2.75) is 50.7 Å². The lowest BCUT2D eigenvalue weighted by atomic mass is 9.86. The Morgan fingerprint density at radius 3 is 2.70 bits per heavy atom. The van der Waals surface area contributed by atoms with Crippen molar-refractivity contribution in [1.29, 1.82) is 0 Å². The van der Waals surface area contributed by atoms with E-state index in [9.17, 15) is 4.39 Å². The Kier molecular flexibility index (Phi) is 5.42. The summed E-state index contributed by atoms with van der Waals surface area (Å²) in [5.41, 5.74) is 0.538. The summed E-state index contributed by atoms with van der Waals surface area (Å²) in [6.07, 6.45) is 5.27. The van der Waals surface area contributed by atoms with E-state index in [4.69, 9.17) is 16.3 Å². The van der Waals surface area contributed by atoms with Crippen LogP contribution in [0.3, 0.4) is 0 Å². The number of hydrogen-bond donors (Lipinski definition) is 1. The molecule has 1 aromatic carbocycles. The van der Waals surface area contributed by atoms with Crippen LogP contribution in [0.1, 0.15) is 50.6 Å². The summed E-state index contributed by atoms with van der Waals surface area (Å²) in [5.74, 6) is -0.253. The van der Waals surface area contributed by atoms with Gasteiger partial charge in [0.15, 0.2) is 0 Å². The third-order valence-corrected chi connectivity index (χ3v) is 4.59. The Bertz CT molecular complexity index is 446. The van der Waals surface area contributed by atoms with Gasteiger partial charge in [-0.3, -0.25) is 0 Å². The van der Waals surface area contributed by atoms with E-state index in [1.54, 1.807) is 13.2 Å². The number of methoxy groups -OCH3 is 1. The lowest BCUT2D eigenvalue weighted by molar-refractivity contribution is -0.0367. The second-order valence-electron chi connectivity index (χ2n) is 5.53. The average molecular weight is 300 g/mol. The van der Waals surface area contributed by atoms with Crippen LogP contribution in [-0.2, 0) is 4.74 Å². The van der Waals surface area contributed by atoms with Crippen LogP contribution in [0.15, 0.2) is 18.2 Å². The van der Waals surface area contributed by atoms with E-state index in [2.05, 4.69) is 12.2 Å². The summed E-state index contributed by atoms with van der Waals surface area (Å²) >= 11 is 6.31. The van der Waals surface area contributed by atoms with Crippen LogP contribution in [-0.4, -0.2) is 19.3 Å². The molecule has 1 saturated carbocycles. The van der Waals surface area contributed by atoms with Crippen LogP contribution >= 0.6 is 11.6 Å². The topological polar surface area (TPSA) is 21.3 Å². The van der Waals surface area contributed by atoms with Gasteiger partial charge in [0.25, 0.3) is 0 Å². The van der Waals surface area contributed by atoms with Gasteiger partial charge in [0.05, 0.1) is 11.6 Å². The quantitative estimate of drug-likeness (QED) is 0.836. The first-order valence-corrected chi connectivity index (χ1v) is 7.74. The SMILES string of the molecule is CCCNC(c1cc(F)ccc1Cl)C1(OC)CCCC1. The van der Waals surface area contributed by atoms with Crippen molar-refractivity contribution in [3.8, 4) is 0 Å². The summed E-state index contributed by atoms with van der Waals surface area (Å²) in [4.78, 5) is 0. The number of ether oxygens (including phenoxy) is 1. The van der Waals surface area contributed by atoms with E-state index in [1.165, 1.54) is 12.1 Å². The molecule has 20 heavy (non-hydrogen) atoms. The predicted octanol–water partition coefficient (Wildman–Crippen LogP) is 4.48. The maximum atomic E-state index is 13.6. The fraction of sp³-hybridized carbons (Fsp3) is 0.625. The van der Waals surface area contributed by atoms with E-state index in [0.29, 0.717) is 5.02 Å². The molecule has 1 aromatic rings.